The minimum Gasteiger partial charge on any atom is -0.353 e. The standard InChI is InChI=1S/C21H24F2N8O/c1-5-13-8-18(28-20(27-13)21(3,22)23)31-16-9-17(26-12(2)32)25-10-15(16)19(29-31)30-7-6-14(11-30)24-4/h5,8-10,14,24H,1,6-7,11H2,2-4H3,(H,25,26,32)/t14-/m0/s1. The van der Waals surface area contributed by atoms with E-state index in [4.69, 9.17) is 5.10 Å². The summed E-state index contributed by atoms with van der Waals surface area (Å²) in [5.74, 6) is -2.97. The number of aromatic nitrogens is 5. The number of nitrogens with one attached hydrogen (secondary N) is 2. The van der Waals surface area contributed by atoms with E-state index < -0.39 is 11.7 Å². The summed E-state index contributed by atoms with van der Waals surface area (Å²) in [5, 5.41) is 11.4. The number of alkyl halides is 2. The molecule has 0 unspecified atom stereocenters. The molecule has 1 amide bonds. The van der Waals surface area contributed by atoms with Gasteiger partial charge in [-0.15, -0.1) is 5.10 Å². The zero-order chi connectivity index (χ0) is 23.0. The van der Waals surface area contributed by atoms with Crippen molar-refractivity contribution in [3.05, 3.63) is 36.4 Å². The molecule has 0 radical (unpaired) electrons. The monoisotopic (exact) mass is 442 g/mol. The molecule has 0 aromatic carbocycles. The van der Waals surface area contributed by atoms with Gasteiger partial charge in [0.05, 0.1) is 16.6 Å². The number of anilines is 2. The second-order valence-corrected chi connectivity index (χ2v) is 7.79. The minimum atomic E-state index is -3.24. The molecule has 32 heavy (non-hydrogen) atoms. The van der Waals surface area contributed by atoms with Crippen LogP contribution in [-0.2, 0) is 10.7 Å². The van der Waals surface area contributed by atoms with Gasteiger partial charge in [0.2, 0.25) is 11.7 Å². The lowest BCUT2D eigenvalue weighted by Gasteiger charge is -2.15. The summed E-state index contributed by atoms with van der Waals surface area (Å²) in [6.45, 7) is 7.30. The summed E-state index contributed by atoms with van der Waals surface area (Å²) in [5.41, 5.74) is 0.829. The average molecular weight is 442 g/mol. The summed E-state index contributed by atoms with van der Waals surface area (Å²) >= 11 is 0. The zero-order valence-corrected chi connectivity index (χ0v) is 18.1. The molecular formula is C21H24F2N8O. The number of fused-ring (bicyclic) bond motifs is 1. The van der Waals surface area contributed by atoms with Gasteiger partial charge >= 0.3 is 5.92 Å². The molecule has 4 heterocycles. The molecular weight excluding hydrogens is 418 g/mol. The number of hydrogen-bond acceptors (Lipinski definition) is 7. The molecule has 2 N–H and O–H groups in total. The van der Waals surface area contributed by atoms with E-state index in [0.29, 0.717) is 23.2 Å². The van der Waals surface area contributed by atoms with Crippen LogP contribution in [0.5, 0.6) is 0 Å². The molecule has 0 saturated carbocycles. The van der Waals surface area contributed by atoms with Crippen molar-refractivity contribution in [1.29, 1.82) is 0 Å². The van der Waals surface area contributed by atoms with Crippen molar-refractivity contribution in [3.63, 3.8) is 0 Å². The van der Waals surface area contributed by atoms with Crippen molar-refractivity contribution >= 4 is 34.5 Å². The Labute approximate surface area is 183 Å². The number of carbonyl (C=O) groups is 1. The zero-order valence-electron chi connectivity index (χ0n) is 18.1. The molecule has 4 rings (SSSR count). The highest BCUT2D eigenvalue weighted by molar-refractivity contribution is 5.95. The van der Waals surface area contributed by atoms with E-state index in [9.17, 15) is 13.6 Å². The highest BCUT2D eigenvalue weighted by atomic mass is 19.3. The van der Waals surface area contributed by atoms with E-state index in [2.05, 4.69) is 37.1 Å². The first-order chi connectivity index (χ1) is 15.2. The van der Waals surface area contributed by atoms with Gasteiger partial charge in [-0.25, -0.2) is 19.6 Å². The second kappa shape index (κ2) is 8.23. The summed E-state index contributed by atoms with van der Waals surface area (Å²) in [7, 11) is 1.91. The van der Waals surface area contributed by atoms with Crippen molar-refractivity contribution in [2.45, 2.75) is 32.2 Å². The molecule has 1 aliphatic heterocycles. The Balaban J connectivity index is 1.92. The third-order valence-corrected chi connectivity index (χ3v) is 5.30. The molecule has 11 heteroatoms. The quantitative estimate of drug-likeness (QED) is 0.605. The number of amides is 1. The summed E-state index contributed by atoms with van der Waals surface area (Å²) in [4.78, 5) is 25.9. The fourth-order valence-corrected chi connectivity index (χ4v) is 3.70. The molecule has 1 aliphatic rings. The van der Waals surface area contributed by atoms with E-state index in [1.165, 1.54) is 23.7 Å². The number of hydrogen-bond donors (Lipinski definition) is 2. The van der Waals surface area contributed by atoms with Crippen LogP contribution in [-0.4, -0.2) is 56.8 Å². The van der Waals surface area contributed by atoms with E-state index in [-0.39, 0.29) is 17.4 Å². The van der Waals surface area contributed by atoms with Crippen LogP contribution in [0.2, 0.25) is 0 Å². The normalized spacial score (nSPS) is 16.5. The van der Waals surface area contributed by atoms with Gasteiger partial charge in [-0.05, 0) is 19.5 Å². The van der Waals surface area contributed by atoms with Gasteiger partial charge in [-0.1, -0.05) is 6.58 Å². The average Bonchev–Trinajstić information content (AvgIpc) is 3.36. The molecule has 1 atom stereocenters. The third kappa shape index (κ3) is 4.15. The van der Waals surface area contributed by atoms with Crippen LogP contribution < -0.4 is 15.5 Å². The third-order valence-electron chi connectivity index (χ3n) is 5.30. The van der Waals surface area contributed by atoms with Crippen LogP contribution >= 0.6 is 0 Å². The highest BCUT2D eigenvalue weighted by Gasteiger charge is 2.30. The molecule has 0 bridgehead atoms. The molecule has 3 aromatic heterocycles. The first kappa shape index (κ1) is 21.8. The number of pyridine rings is 1. The van der Waals surface area contributed by atoms with Gasteiger partial charge < -0.3 is 15.5 Å². The van der Waals surface area contributed by atoms with Gasteiger partial charge in [-0.2, -0.15) is 8.78 Å². The highest BCUT2D eigenvalue weighted by Crippen LogP contribution is 2.32. The van der Waals surface area contributed by atoms with Crippen molar-refractivity contribution in [2.75, 3.05) is 30.4 Å². The Kier molecular flexibility index (Phi) is 5.59. The fraction of sp³-hybridized carbons (Fsp3) is 0.381. The molecule has 9 nitrogen and oxygen atoms in total. The molecule has 168 valence electrons. The van der Waals surface area contributed by atoms with Crippen LogP contribution in [0.4, 0.5) is 20.4 Å². The minimum absolute atomic E-state index is 0.173. The maximum Gasteiger partial charge on any atom is 0.303 e. The number of rotatable bonds is 6. The Morgan fingerprint density at radius 3 is 2.75 bits per heavy atom. The van der Waals surface area contributed by atoms with Crippen LogP contribution in [0.3, 0.4) is 0 Å². The fourth-order valence-electron chi connectivity index (χ4n) is 3.70. The number of halogens is 2. The summed E-state index contributed by atoms with van der Waals surface area (Å²) < 4.78 is 29.6. The van der Waals surface area contributed by atoms with Gasteiger partial charge in [0.1, 0.15) is 5.82 Å². The van der Waals surface area contributed by atoms with E-state index >= 15 is 0 Å². The number of nitrogens with zero attached hydrogens (tertiary/aromatic N) is 6. The van der Waals surface area contributed by atoms with Gasteiger partial charge in [-0.3, -0.25) is 4.79 Å². The summed E-state index contributed by atoms with van der Waals surface area (Å²) in [6.07, 6.45) is 3.95. The number of likely N-dealkylation sites (N-methyl/N-ethyl adjacent to an activating group) is 1. The summed E-state index contributed by atoms with van der Waals surface area (Å²) in [6, 6.07) is 3.51. The lowest BCUT2D eigenvalue weighted by Crippen LogP contribution is -2.29. The lowest BCUT2D eigenvalue weighted by molar-refractivity contribution is -0.114. The van der Waals surface area contributed by atoms with Crippen LogP contribution in [0.1, 0.15) is 31.8 Å². The van der Waals surface area contributed by atoms with E-state index in [1.54, 1.807) is 12.3 Å². The molecule has 1 saturated heterocycles. The van der Waals surface area contributed by atoms with Crippen molar-refractivity contribution < 1.29 is 13.6 Å². The van der Waals surface area contributed by atoms with Gasteiger partial charge in [0.15, 0.2) is 11.6 Å². The van der Waals surface area contributed by atoms with Crippen LogP contribution in [0.25, 0.3) is 22.8 Å². The van der Waals surface area contributed by atoms with Crippen LogP contribution in [0, 0.1) is 0 Å². The van der Waals surface area contributed by atoms with E-state index in [1.807, 2.05) is 7.05 Å². The second-order valence-electron chi connectivity index (χ2n) is 7.79. The Morgan fingerprint density at radius 1 is 1.34 bits per heavy atom. The van der Waals surface area contributed by atoms with E-state index in [0.717, 1.165) is 31.8 Å². The van der Waals surface area contributed by atoms with Crippen molar-refractivity contribution in [3.8, 4) is 5.82 Å². The maximum absolute atomic E-state index is 14.1. The SMILES string of the molecule is C=Cc1cc(-n2nc(N3CC[C@H](NC)C3)c3cnc(NC(C)=O)cc32)nc(C(C)(F)F)n1. The molecule has 1 fully saturated rings. The van der Waals surface area contributed by atoms with Crippen molar-refractivity contribution in [1.82, 2.24) is 30.0 Å². The predicted molar refractivity (Wildman–Crippen MR) is 118 cm³/mol. The van der Waals surface area contributed by atoms with Crippen LogP contribution in [0.15, 0.2) is 24.9 Å². The maximum atomic E-state index is 14.1. The smallest absolute Gasteiger partial charge is 0.303 e. The van der Waals surface area contributed by atoms with Crippen molar-refractivity contribution in [2.24, 2.45) is 0 Å². The molecule has 0 spiro atoms. The molecule has 0 aliphatic carbocycles. The molecule has 3 aromatic rings. The topological polar surface area (TPSA) is 101 Å². The lowest BCUT2D eigenvalue weighted by atomic mass is 10.2. The first-order valence-corrected chi connectivity index (χ1v) is 10.2. The first-order valence-electron chi connectivity index (χ1n) is 10.2. The Bertz CT molecular complexity index is 1190. The predicted octanol–water partition coefficient (Wildman–Crippen LogP) is 2.72. The largest absolute Gasteiger partial charge is 0.353 e. The Hall–Kier alpha value is -3.47. The van der Waals surface area contributed by atoms with Gasteiger partial charge in [0, 0.05) is 51.3 Å². The number of carbonyl (C=O) groups excluding carboxylic acids is 1. The Morgan fingerprint density at radius 2 is 2.12 bits per heavy atom. The van der Waals surface area contributed by atoms with Gasteiger partial charge in [0.25, 0.3) is 0 Å².